The van der Waals surface area contributed by atoms with Gasteiger partial charge in [-0.3, -0.25) is 9.36 Å². The molecule has 6 rings (SSSR count). The van der Waals surface area contributed by atoms with Gasteiger partial charge in [0.05, 0.1) is 23.6 Å². The van der Waals surface area contributed by atoms with Crippen LogP contribution in [0.1, 0.15) is 25.7 Å². The van der Waals surface area contributed by atoms with Crippen LogP contribution in [-0.2, 0) is 6.54 Å². The first-order valence-electron chi connectivity index (χ1n) is 13.3. The number of likely N-dealkylation sites (tertiary alicyclic amines) is 1. The minimum absolute atomic E-state index is 0.000959. The summed E-state index contributed by atoms with van der Waals surface area (Å²) in [5.74, 6) is 2.68. The molecule has 0 N–H and O–H groups in total. The number of nitrogens with zero attached hydrogens (tertiary/aromatic N) is 3. The summed E-state index contributed by atoms with van der Waals surface area (Å²) >= 11 is 6.10. The van der Waals surface area contributed by atoms with Crippen molar-refractivity contribution in [2.24, 2.45) is 11.8 Å². The molecule has 2 heterocycles. The van der Waals surface area contributed by atoms with Gasteiger partial charge < -0.3 is 9.64 Å². The molecule has 1 aliphatic carbocycles. The minimum Gasteiger partial charge on any atom is -0.496 e. The molecule has 5 nitrogen and oxygen atoms in total. The van der Waals surface area contributed by atoms with Crippen LogP contribution >= 0.6 is 11.6 Å². The summed E-state index contributed by atoms with van der Waals surface area (Å²) in [5, 5.41) is 1.33. The van der Waals surface area contributed by atoms with E-state index in [1.165, 1.54) is 32.4 Å². The van der Waals surface area contributed by atoms with Gasteiger partial charge in [0.15, 0.2) is 0 Å². The Morgan fingerprint density at radius 2 is 1.73 bits per heavy atom. The fourth-order valence-electron chi connectivity index (χ4n) is 5.64. The van der Waals surface area contributed by atoms with Crippen molar-refractivity contribution in [3.8, 4) is 28.3 Å². The average molecular weight is 514 g/mol. The van der Waals surface area contributed by atoms with Gasteiger partial charge in [0.1, 0.15) is 11.6 Å². The summed E-state index contributed by atoms with van der Waals surface area (Å²) in [5.41, 5.74) is 3.54. The molecule has 1 saturated carbocycles. The van der Waals surface area contributed by atoms with Gasteiger partial charge in [0.25, 0.3) is 5.56 Å². The maximum Gasteiger partial charge on any atom is 0.261 e. The monoisotopic (exact) mass is 513 g/mol. The SMILES string of the molecule is COc1ccccc1-c1nc2ccc(-c3ccc(Cl)cc3)cc2c(=O)n1C[C@@H]1CCCN(CC2CC2)C1. The van der Waals surface area contributed by atoms with E-state index in [0.717, 1.165) is 41.3 Å². The molecule has 6 heteroatoms. The molecule has 2 fully saturated rings. The molecule has 190 valence electrons. The Bertz CT molecular complexity index is 1480. The molecule has 3 aromatic carbocycles. The number of aromatic nitrogens is 2. The van der Waals surface area contributed by atoms with E-state index in [1.54, 1.807) is 7.11 Å². The summed E-state index contributed by atoms with van der Waals surface area (Å²) in [6.07, 6.45) is 5.03. The van der Waals surface area contributed by atoms with Crippen LogP contribution in [0.3, 0.4) is 0 Å². The molecule has 2 aliphatic rings. The van der Waals surface area contributed by atoms with Gasteiger partial charge in [-0.15, -0.1) is 0 Å². The number of ether oxygens (including phenoxy) is 1. The van der Waals surface area contributed by atoms with Crippen LogP contribution < -0.4 is 10.3 Å². The molecule has 0 amide bonds. The summed E-state index contributed by atoms with van der Waals surface area (Å²) < 4.78 is 7.58. The van der Waals surface area contributed by atoms with Crippen LogP contribution in [0, 0.1) is 11.8 Å². The average Bonchev–Trinajstić information content (AvgIpc) is 3.75. The Balaban J connectivity index is 1.44. The lowest BCUT2D eigenvalue weighted by Gasteiger charge is -2.33. The fourth-order valence-corrected chi connectivity index (χ4v) is 5.76. The van der Waals surface area contributed by atoms with Crippen LogP contribution in [0.15, 0.2) is 71.5 Å². The highest BCUT2D eigenvalue weighted by atomic mass is 35.5. The molecule has 1 atom stereocenters. The molecular weight excluding hydrogens is 482 g/mol. The maximum atomic E-state index is 14.2. The predicted molar refractivity (Wildman–Crippen MR) is 150 cm³/mol. The molecule has 0 unspecified atom stereocenters. The topological polar surface area (TPSA) is 47.4 Å². The predicted octanol–water partition coefficient (Wildman–Crippen LogP) is 6.51. The Kier molecular flexibility index (Phi) is 6.74. The van der Waals surface area contributed by atoms with Gasteiger partial charge in [0.2, 0.25) is 0 Å². The van der Waals surface area contributed by atoms with E-state index in [0.29, 0.717) is 34.2 Å². The molecular formula is C31H32ClN3O2. The van der Waals surface area contributed by atoms with Crippen LogP contribution in [0.4, 0.5) is 0 Å². The Labute approximate surface area is 222 Å². The first kappa shape index (κ1) is 24.2. The third kappa shape index (κ3) is 5.16. The quantitative estimate of drug-likeness (QED) is 0.282. The van der Waals surface area contributed by atoms with E-state index in [-0.39, 0.29) is 5.56 Å². The van der Waals surface area contributed by atoms with E-state index in [2.05, 4.69) is 4.90 Å². The largest absolute Gasteiger partial charge is 0.496 e. The maximum absolute atomic E-state index is 14.2. The number of benzene rings is 3. The van der Waals surface area contributed by atoms with Crippen molar-refractivity contribution in [3.63, 3.8) is 0 Å². The molecule has 0 spiro atoms. The van der Waals surface area contributed by atoms with Gasteiger partial charge in [-0.1, -0.05) is 41.9 Å². The molecule has 1 aromatic heterocycles. The van der Waals surface area contributed by atoms with Crippen LogP contribution in [-0.4, -0.2) is 41.2 Å². The molecule has 0 radical (unpaired) electrons. The standard InChI is InChI=1S/C31H32ClN3O2/c1-37-29-7-3-2-6-26(29)30-33-28-15-12-24(23-10-13-25(32)14-11-23)17-27(28)31(36)35(30)20-22-5-4-16-34(19-22)18-21-8-9-21/h2-3,6-7,10-15,17,21-22H,4-5,8-9,16,18-20H2,1H3/t22-/m1/s1. The number of fused-ring (bicyclic) bond motifs is 1. The van der Waals surface area contributed by atoms with Crippen molar-refractivity contribution in [1.29, 1.82) is 0 Å². The van der Waals surface area contributed by atoms with Crippen molar-refractivity contribution in [2.45, 2.75) is 32.2 Å². The van der Waals surface area contributed by atoms with Crippen molar-refractivity contribution in [2.75, 3.05) is 26.7 Å². The fraction of sp³-hybridized carbons (Fsp3) is 0.355. The Morgan fingerprint density at radius 1 is 0.946 bits per heavy atom. The molecule has 1 saturated heterocycles. The highest BCUT2D eigenvalue weighted by Gasteiger charge is 2.28. The Morgan fingerprint density at radius 3 is 2.51 bits per heavy atom. The summed E-state index contributed by atoms with van der Waals surface area (Å²) in [4.78, 5) is 21.8. The van der Waals surface area contributed by atoms with Gasteiger partial charge in [-0.2, -0.15) is 0 Å². The number of para-hydroxylation sites is 1. The first-order valence-corrected chi connectivity index (χ1v) is 13.6. The molecule has 37 heavy (non-hydrogen) atoms. The Hall–Kier alpha value is -3.15. The van der Waals surface area contributed by atoms with Gasteiger partial charge in [-0.25, -0.2) is 4.98 Å². The van der Waals surface area contributed by atoms with E-state index in [1.807, 2.05) is 71.3 Å². The van der Waals surface area contributed by atoms with Gasteiger partial charge >= 0.3 is 0 Å². The van der Waals surface area contributed by atoms with Crippen molar-refractivity contribution in [3.05, 3.63) is 82.1 Å². The van der Waals surface area contributed by atoms with Crippen molar-refractivity contribution >= 4 is 22.5 Å². The lowest BCUT2D eigenvalue weighted by atomic mass is 9.97. The summed E-state index contributed by atoms with van der Waals surface area (Å²) in [6, 6.07) is 21.5. The third-order valence-corrected chi connectivity index (χ3v) is 7.99. The number of hydrogen-bond donors (Lipinski definition) is 0. The van der Waals surface area contributed by atoms with Crippen LogP contribution in [0.5, 0.6) is 5.75 Å². The summed E-state index contributed by atoms with van der Waals surface area (Å²) in [6.45, 7) is 4.06. The second-order valence-corrected chi connectivity index (χ2v) is 10.9. The zero-order valence-corrected chi connectivity index (χ0v) is 22.0. The van der Waals surface area contributed by atoms with Gasteiger partial charge in [-0.05, 0) is 91.6 Å². The number of piperidine rings is 1. The molecule has 1 aliphatic heterocycles. The van der Waals surface area contributed by atoms with E-state index in [9.17, 15) is 4.79 Å². The number of halogens is 1. The lowest BCUT2D eigenvalue weighted by molar-refractivity contribution is 0.156. The number of rotatable bonds is 7. The molecule has 0 bridgehead atoms. The van der Waals surface area contributed by atoms with Crippen LogP contribution in [0.25, 0.3) is 33.4 Å². The normalized spacial score (nSPS) is 18.3. The zero-order chi connectivity index (χ0) is 25.4. The number of methoxy groups -OCH3 is 1. The second kappa shape index (κ2) is 10.3. The minimum atomic E-state index is 0.000959. The van der Waals surface area contributed by atoms with Crippen LogP contribution in [0.2, 0.25) is 5.02 Å². The second-order valence-electron chi connectivity index (χ2n) is 10.5. The van der Waals surface area contributed by atoms with E-state index < -0.39 is 0 Å². The zero-order valence-electron chi connectivity index (χ0n) is 21.2. The lowest BCUT2D eigenvalue weighted by Crippen LogP contribution is -2.39. The summed E-state index contributed by atoms with van der Waals surface area (Å²) in [7, 11) is 1.66. The first-order chi connectivity index (χ1) is 18.1. The van der Waals surface area contributed by atoms with Crippen molar-refractivity contribution in [1.82, 2.24) is 14.5 Å². The molecule has 4 aromatic rings. The number of hydrogen-bond acceptors (Lipinski definition) is 4. The van der Waals surface area contributed by atoms with E-state index in [4.69, 9.17) is 21.3 Å². The smallest absolute Gasteiger partial charge is 0.261 e. The highest BCUT2D eigenvalue weighted by molar-refractivity contribution is 6.30. The van der Waals surface area contributed by atoms with E-state index >= 15 is 0 Å². The highest BCUT2D eigenvalue weighted by Crippen LogP contribution is 2.33. The van der Waals surface area contributed by atoms with Gasteiger partial charge in [0, 0.05) is 24.7 Å². The van der Waals surface area contributed by atoms with Crippen molar-refractivity contribution < 1.29 is 4.74 Å². The third-order valence-electron chi connectivity index (χ3n) is 7.74.